The lowest BCUT2D eigenvalue weighted by molar-refractivity contribution is 0.0691. The van der Waals surface area contributed by atoms with Crippen LogP contribution in [0.5, 0.6) is 0 Å². The highest BCUT2D eigenvalue weighted by Crippen LogP contribution is 2.01. The second-order valence-electron chi connectivity index (χ2n) is 3.22. The number of hydrogen-bond donors (Lipinski definition) is 1. The summed E-state index contributed by atoms with van der Waals surface area (Å²) in [5.41, 5.74) is 0.915. The highest BCUT2D eigenvalue weighted by atomic mass is 16.4. The van der Waals surface area contributed by atoms with Gasteiger partial charge in [0.15, 0.2) is 5.69 Å². The molecule has 0 fully saturated rings. The second kappa shape index (κ2) is 3.56. The monoisotopic (exact) mass is 206 g/mol. The molecule has 0 aliphatic carbocycles. The van der Waals surface area contributed by atoms with Crippen molar-refractivity contribution in [1.29, 1.82) is 0 Å². The van der Waals surface area contributed by atoms with Gasteiger partial charge in [0, 0.05) is 19.4 Å². The number of hydrogen-bond acceptors (Lipinski definition) is 3. The summed E-state index contributed by atoms with van der Waals surface area (Å²) in [4.78, 5) is 14.3. The van der Waals surface area contributed by atoms with E-state index < -0.39 is 5.97 Å². The molecule has 0 radical (unpaired) electrons. The van der Waals surface area contributed by atoms with Gasteiger partial charge in [-0.1, -0.05) is 0 Å². The first-order chi connectivity index (χ1) is 7.15. The van der Waals surface area contributed by atoms with Crippen molar-refractivity contribution in [1.82, 2.24) is 19.3 Å². The van der Waals surface area contributed by atoms with Crippen molar-refractivity contribution in [3.05, 3.63) is 36.2 Å². The van der Waals surface area contributed by atoms with E-state index in [1.165, 1.54) is 12.5 Å². The maximum atomic E-state index is 10.6. The molecule has 0 aromatic carbocycles. The molecule has 2 rings (SSSR count). The maximum Gasteiger partial charge on any atom is 0.356 e. The zero-order chi connectivity index (χ0) is 10.8. The van der Waals surface area contributed by atoms with E-state index in [-0.39, 0.29) is 5.69 Å². The molecule has 0 saturated heterocycles. The number of rotatable bonds is 3. The molecule has 0 bridgehead atoms. The van der Waals surface area contributed by atoms with Crippen LogP contribution in [0.25, 0.3) is 0 Å². The SMILES string of the molecule is Cn1ccc(Cn2cnc(C(=O)O)c2)n1. The Bertz CT molecular complexity index is 486. The normalized spacial score (nSPS) is 10.5. The zero-order valence-corrected chi connectivity index (χ0v) is 8.16. The predicted molar refractivity (Wildman–Crippen MR) is 51.5 cm³/mol. The minimum absolute atomic E-state index is 0.0472. The molecule has 0 spiro atoms. The van der Waals surface area contributed by atoms with Crippen molar-refractivity contribution >= 4 is 5.97 Å². The van der Waals surface area contributed by atoms with E-state index in [0.29, 0.717) is 6.54 Å². The molecule has 0 saturated carbocycles. The van der Waals surface area contributed by atoms with Crippen LogP contribution >= 0.6 is 0 Å². The van der Waals surface area contributed by atoms with Crippen LogP contribution in [-0.4, -0.2) is 30.4 Å². The third-order valence-corrected chi connectivity index (χ3v) is 1.97. The van der Waals surface area contributed by atoms with E-state index in [0.717, 1.165) is 5.69 Å². The van der Waals surface area contributed by atoms with Crippen LogP contribution in [0.1, 0.15) is 16.2 Å². The molecule has 0 aliphatic rings. The number of nitrogens with zero attached hydrogens (tertiary/aromatic N) is 4. The molecule has 2 aromatic heterocycles. The Morgan fingerprint density at radius 3 is 2.93 bits per heavy atom. The lowest BCUT2D eigenvalue weighted by Gasteiger charge is -1.96. The number of carboxylic acid groups (broad SMARTS) is 1. The summed E-state index contributed by atoms with van der Waals surface area (Å²) in [5.74, 6) is -1.02. The number of aromatic carboxylic acids is 1. The quantitative estimate of drug-likeness (QED) is 0.787. The standard InChI is InChI=1S/C9H10N4O2/c1-12-3-2-7(11-12)4-13-5-8(9(14)15)10-6-13/h2-3,5-6H,4H2,1H3,(H,14,15). The summed E-state index contributed by atoms with van der Waals surface area (Å²) in [5, 5.41) is 12.9. The lowest BCUT2D eigenvalue weighted by Crippen LogP contribution is -1.99. The van der Waals surface area contributed by atoms with Gasteiger partial charge in [-0.15, -0.1) is 0 Å². The van der Waals surface area contributed by atoms with Gasteiger partial charge in [-0.25, -0.2) is 9.78 Å². The van der Waals surface area contributed by atoms with Gasteiger partial charge in [0.25, 0.3) is 0 Å². The van der Waals surface area contributed by atoms with Gasteiger partial charge in [0.2, 0.25) is 0 Å². The van der Waals surface area contributed by atoms with Crippen LogP contribution < -0.4 is 0 Å². The molecule has 2 aromatic rings. The van der Waals surface area contributed by atoms with Gasteiger partial charge in [-0.3, -0.25) is 4.68 Å². The fourth-order valence-corrected chi connectivity index (χ4v) is 1.29. The summed E-state index contributed by atoms with van der Waals surface area (Å²) in [6, 6.07) is 1.88. The van der Waals surface area contributed by atoms with Crippen LogP contribution in [0.4, 0.5) is 0 Å². The summed E-state index contributed by atoms with van der Waals surface area (Å²) < 4.78 is 3.39. The molecule has 0 amide bonds. The highest BCUT2D eigenvalue weighted by Gasteiger charge is 2.07. The van der Waals surface area contributed by atoms with Gasteiger partial charge in [0.1, 0.15) is 0 Å². The van der Waals surface area contributed by atoms with Crippen molar-refractivity contribution in [2.75, 3.05) is 0 Å². The average molecular weight is 206 g/mol. The Kier molecular flexibility index (Phi) is 2.24. The van der Waals surface area contributed by atoms with Crippen molar-refractivity contribution in [2.24, 2.45) is 7.05 Å². The Balaban J connectivity index is 2.14. The average Bonchev–Trinajstić information content (AvgIpc) is 2.76. The number of imidazole rings is 1. The second-order valence-corrected chi connectivity index (χ2v) is 3.22. The molecule has 6 heteroatoms. The van der Waals surface area contributed by atoms with Gasteiger partial charge in [-0.05, 0) is 6.07 Å². The van der Waals surface area contributed by atoms with E-state index in [1.807, 2.05) is 19.3 Å². The van der Waals surface area contributed by atoms with Crippen LogP contribution in [-0.2, 0) is 13.6 Å². The molecule has 6 nitrogen and oxygen atoms in total. The van der Waals surface area contributed by atoms with E-state index >= 15 is 0 Å². The Labute approximate surface area is 85.8 Å². The Morgan fingerprint density at radius 1 is 1.60 bits per heavy atom. The third-order valence-electron chi connectivity index (χ3n) is 1.97. The fourth-order valence-electron chi connectivity index (χ4n) is 1.29. The fraction of sp³-hybridized carbons (Fsp3) is 0.222. The minimum atomic E-state index is -1.02. The van der Waals surface area contributed by atoms with Crippen molar-refractivity contribution < 1.29 is 9.90 Å². The van der Waals surface area contributed by atoms with Gasteiger partial charge in [0.05, 0.1) is 18.6 Å². The van der Waals surface area contributed by atoms with Crippen molar-refractivity contribution in [3.8, 4) is 0 Å². The molecular formula is C9H10N4O2. The Hall–Kier alpha value is -2.11. The Morgan fingerprint density at radius 2 is 2.40 bits per heavy atom. The van der Waals surface area contributed by atoms with E-state index in [4.69, 9.17) is 5.11 Å². The third kappa shape index (κ3) is 2.04. The van der Waals surface area contributed by atoms with E-state index in [2.05, 4.69) is 10.1 Å². The largest absolute Gasteiger partial charge is 0.476 e. The zero-order valence-electron chi connectivity index (χ0n) is 8.16. The number of aromatic nitrogens is 4. The molecule has 78 valence electrons. The highest BCUT2D eigenvalue weighted by molar-refractivity contribution is 5.84. The predicted octanol–water partition coefficient (Wildman–Crippen LogP) is 0.363. The van der Waals surface area contributed by atoms with Crippen LogP contribution in [0.3, 0.4) is 0 Å². The molecule has 0 unspecified atom stereocenters. The molecule has 15 heavy (non-hydrogen) atoms. The number of carbonyl (C=O) groups is 1. The minimum Gasteiger partial charge on any atom is -0.476 e. The van der Waals surface area contributed by atoms with Gasteiger partial charge < -0.3 is 9.67 Å². The first kappa shape index (κ1) is 9.45. The molecule has 2 heterocycles. The van der Waals surface area contributed by atoms with Crippen LogP contribution in [0.15, 0.2) is 24.8 Å². The summed E-state index contributed by atoms with van der Waals surface area (Å²) in [6.45, 7) is 0.529. The number of carboxylic acids is 1. The summed E-state index contributed by atoms with van der Waals surface area (Å²) in [7, 11) is 1.83. The van der Waals surface area contributed by atoms with Gasteiger partial charge >= 0.3 is 5.97 Å². The van der Waals surface area contributed by atoms with Crippen LogP contribution in [0.2, 0.25) is 0 Å². The van der Waals surface area contributed by atoms with Crippen LogP contribution in [0, 0.1) is 0 Å². The first-order valence-electron chi connectivity index (χ1n) is 4.39. The molecule has 0 atom stereocenters. The molecule has 1 N–H and O–H groups in total. The molecular weight excluding hydrogens is 196 g/mol. The van der Waals surface area contributed by atoms with E-state index in [1.54, 1.807) is 9.25 Å². The topological polar surface area (TPSA) is 72.9 Å². The number of aryl methyl sites for hydroxylation is 1. The van der Waals surface area contributed by atoms with Gasteiger partial charge in [-0.2, -0.15) is 5.10 Å². The van der Waals surface area contributed by atoms with Crippen molar-refractivity contribution in [2.45, 2.75) is 6.54 Å². The first-order valence-corrected chi connectivity index (χ1v) is 4.39. The van der Waals surface area contributed by atoms with Crippen molar-refractivity contribution in [3.63, 3.8) is 0 Å². The summed E-state index contributed by atoms with van der Waals surface area (Å²) >= 11 is 0. The maximum absolute atomic E-state index is 10.6. The van der Waals surface area contributed by atoms with E-state index in [9.17, 15) is 4.79 Å². The summed E-state index contributed by atoms with van der Waals surface area (Å²) in [6.07, 6.45) is 4.81. The molecule has 0 aliphatic heterocycles. The smallest absolute Gasteiger partial charge is 0.356 e. The lowest BCUT2D eigenvalue weighted by atomic mass is 10.4.